The number of likely N-dealkylation sites (tertiary alicyclic amines) is 1. The van der Waals surface area contributed by atoms with E-state index in [0.717, 1.165) is 19.6 Å². The van der Waals surface area contributed by atoms with Gasteiger partial charge in [-0.3, -0.25) is 4.79 Å². The number of hydrogen-bond donors (Lipinski definition) is 2. The van der Waals surface area contributed by atoms with Crippen LogP contribution in [0.15, 0.2) is 29.2 Å². The Labute approximate surface area is 212 Å². The van der Waals surface area contributed by atoms with Gasteiger partial charge in [0.15, 0.2) is 0 Å². The van der Waals surface area contributed by atoms with Gasteiger partial charge in [0.2, 0.25) is 15.9 Å². The quantitative estimate of drug-likeness (QED) is 0.552. The van der Waals surface area contributed by atoms with Crippen LogP contribution in [0.1, 0.15) is 38.5 Å². The molecule has 0 bridgehead atoms. The van der Waals surface area contributed by atoms with Gasteiger partial charge in [-0.1, -0.05) is 18.0 Å². The summed E-state index contributed by atoms with van der Waals surface area (Å²) >= 11 is 5.94. The molecule has 4 rings (SSSR count). The molecule has 1 aromatic carbocycles. The smallest absolute Gasteiger partial charge is 0.243 e. The fourth-order valence-corrected chi connectivity index (χ4v) is 6.97. The Kier molecular flexibility index (Phi) is 9.42. The molecule has 0 radical (unpaired) electrons. The Morgan fingerprint density at radius 3 is 2.60 bits per heavy atom. The van der Waals surface area contributed by atoms with E-state index in [2.05, 4.69) is 10.2 Å². The number of nitrogens with one attached hydrogen (secondary N) is 1. The number of nitrogens with zero attached hydrogens (tertiary/aromatic N) is 2. The molecule has 3 heterocycles. The van der Waals surface area contributed by atoms with Crippen molar-refractivity contribution in [3.63, 3.8) is 0 Å². The number of halogens is 1. The molecule has 9 nitrogen and oxygen atoms in total. The van der Waals surface area contributed by atoms with Crippen LogP contribution in [-0.2, 0) is 24.3 Å². The molecule has 3 fully saturated rings. The lowest BCUT2D eigenvalue weighted by molar-refractivity contribution is -0.146. The molecule has 3 saturated heterocycles. The molecule has 2 N–H and O–H groups in total. The zero-order valence-electron chi connectivity index (χ0n) is 20.0. The molecular weight excluding hydrogens is 494 g/mol. The van der Waals surface area contributed by atoms with Crippen molar-refractivity contribution >= 4 is 27.5 Å². The fraction of sp³-hybridized carbons (Fsp3) is 0.708. The zero-order chi connectivity index (χ0) is 24.8. The largest absolute Gasteiger partial charge is 0.389 e. The zero-order valence-corrected chi connectivity index (χ0v) is 21.6. The van der Waals surface area contributed by atoms with E-state index in [1.54, 1.807) is 0 Å². The maximum absolute atomic E-state index is 13.5. The van der Waals surface area contributed by atoms with Crippen molar-refractivity contribution in [2.45, 2.75) is 67.8 Å². The van der Waals surface area contributed by atoms with Crippen LogP contribution in [0.2, 0.25) is 5.02 Å². The lowest BCUT2D eigenvalue weighted by Crippen LogP contribution is -2.57. The SMILES string of the molecule is O=C(C[C@@H]1CC[C@H]2[C@@H](COC[C@H](O)CN2S(=O)(=O)c2ccc(Cl)cc2)O1)NCCN1CCCCC1. The lowest BCUT2D eigenvalue weighted by Gasteiger charge is -2.43. The summed E-state index contributed by atoms with van der Waals surface area (Å²) in [6, 6.07) is 5.51. The van der Waals surface area contributed by atoms with Crippen LogP contribution in [0.25, 0.3) is 0 Å². The normalized spacial score (nSPS) is 29.1. The van der Waals surface area contributed by atoms with Gasteiger partial charge in [-0.05, 0) is 63.0 Å². The number of hydrogen-bond acceptors (Lipinski definition) is 7. The van der Waals surface area contributed by atoms with Gasteiger partial charge in [0.1, 0.15) is 0 Å². The predicted octanol–water partition coefficient (Wildman–Crippen LogP) is 1.63. The monoisotopic (exact) mass is 529 g/mol. The first-order valence-corrected chi connectivity index (χ1v) is 14.3. The topological polar surface area (TPSA) is 108 Å². The summed E-state index contributed by atoms with van der Waals surface area (Å²) in [6.07, 6.45) is 3.24. The predicted molar refractivity (Wildman–Crippen MR) is 132 cm³/mol. The Morgan fingerprint density at radius 2 is 1.86 bits per heavy atom. The summed E-state index contributed by atoms with van der Waals surface area (Å²) in [5.41, 5.74) is 0. The second-order valence-corrected chi connectivity index (χ2v) is 11.9. The van der Waals surface area contributed by atoms with E-state index in [1.807, 2.05) is 0 Å². The van der Waals surface area contributed by atoms with Crippen LogP contribution in [0.4, 0.5) is 0 Å². The van der Waals surface area contributed by atoms with E-state index >= 15 is 0 Å². The van der Waals surface area contributed by atoms with Gasteiger partial charge in [-0.25, -0.2) is 8.42 Å². The van der Waals surface area contributed by atoms with Gasteiger partial charge in [-0.2, -0.15) is 4.31 Å². The maximum atomic E-state index is 13.5. The van der Waals surface area contributed by atoms with Crippen molar-refractivity contribution in [1.29, 1.82) is 0 Å². The number of carbonyl (C=O) groups is 1. The molecule has 35 heavy (non-hydrogen) atoms. The number of rotatable bonds is 7. The van der Waals surface area contributed by atoms with Gasteiger partial charge in [0.25, 0.3) is 0 Å². The van der Waals surface area contributed by atoms with Crippen molar-refractivity contribution in [1.82, 2.24) is 14.5 Å². The third-order valence-corrected chi connectivity index (χ3v) is 9.12. The van der Waals surface area contributed by atoms with E-state index in [4.69, 9.17) is 21.1 Å². The molecule has 196 valence electrons. The highest BCUT2D eigenvalue weighted by atomic mass is 35.5. The van der Waals surface area contributed by atoms with Crippen molar-refractivity contribution in [3.05, 3.63) is 29.3 Å². The molecule has 1 aromatic rings. The Morgan fingerprint density at radius 1 is 1.11 bits per heavy atom. The van der Waals surface area contributed by atoms with E-state index in [1.165, 1.54) is 47.8 Å². The van der Waals surface area contributed by atoms with Gasteiger partial charge >= 0.3 is 0 Å². The second kappa shape index (κ2) is 12.3. The summed E-state index contributed by atoms with van der Waals surface area (Å²) in [4.78, 5) is 15.0. The molecule has 0 aromatic heterocycles. The van der Waals surface area contributed by atoms with E-state index in [9.17, 15) is 18.3 Å². The summed E-state index contributed by atoms with van der Waals surface area (Å²) < 4.78 is 40.1. The maximum Gasteiger partial charge on any atom is 0.243 e. The number of ether oxygens (including phenoxy) is 2. The number of fused-ring (bicyclic) bond motifs is 1. The molecule has 0 saturated carbocycles. The minimum Gasteiger partial charge on any atom is -0.389 e. The number of aliphatic hydroxyl groups excluding tert-OH is 1. The average Bonchev–Trinajstić information content (AvgIpc) is 2.83. The number of piperidine rings is 1. The first-order chi connectivity index (χ1) is 16.8. The Balaban J connectivity index is 1.36. The minimum atomic E-state index is -3.89. The third-order valence-electron chi connectivity index (χ3n) is 6.97. The van der Waals surface area contributed by atoms with E-state index in [-0.39, 0.29) is 43.1 Å². The van der Waals surface area contributed by atoms with Crippen molar-refractivity contribution in [2.75, 3.05) is 45.9 Å². The number of benzene rings is 1. The molecule has 1 amide bonds. The van der Waals surface area contributed by atoms with Crippen LogP contribution in [0.5, 0.6) is 0 Å². The summed E-state index contributed by atoms with van der Waals surface area (Å²) in [5.74, 6) is -0.0571. The highest BCUT2D eigenvalue weighted by molar-refractivity contribution is 7.89. The summed E-state index contributed by atoms with van der Waals surface area (Å²) in [5, 5.41) is 13.8. The van der Waals surface area contributed by atoms with Gasteiger partial charge in [0, 0.05) is 24.7 Å². The summed E-state index contributed by atoms with van der Waals surface area (Å²) in [7, 11) is -3.89. The Hall–Kier alpha value is -1.27. The van der Waals surface area contributed by atoms with Gasteiger partial charge in [-0.15, -0.1) is 0 Å². The van der Waals surface area contributed by atoms with Crippen molar-refractivity contribution < 1.29 is 27.8 Å². The first kappa shape index (κ1) is 26.8. The fourth-order valence-electron chi connectivity index (χ4n) is 5.13. The van der Waals surface area contributed by atoms with Gasteiger partial charge in [0.05, 0.1) is 48.9 Å². The molecule has 0 unspecified atom stereocenters. The van der Waals surface area contributed by atoms with E-state index < -0.39 is 28.3 Å². The molecule has 3 aliphatic rings. The third kappa shape index (κ3) is 7.15. The van der Waals surface area contributed by atoms with Crippen LogP contribution >= 0.6 is 11.6 Å². The van der Waals surface area contributed by atoms with Crippen molar-refractivity contribution in [2.24, 2.45) is 0 Å². The molecular formula is C24H36ClN3O6S. The van der Waals surface area contributed by atoms with Gasteiger partial charge < -0.3 is 24.8 Å². The van der Waals surface area contributed by atoms with Crippen LogP contribution in [0, 0.1) is 0 Å². The number of carbonyl (C=O) groups excluding carboxylic acids is 1. The average molecular weight is 530 g/mol. The Bertz CT molecular complexity index is 941. The molecule has 3 aliphatic heterocycles. The van der Waals surface area contributed by atoms with Crippen LogP contribution < -0.4 is 5.32 Å². The molecule has 4 atom stereocenters. The second-order valence-electron chi connectivity index (χ2n) is 9.62. The van der Waals surface area contributed by atoms with E-state index in [0.29, 0.717) is 24.4 Å². The molecule has 11 heteroatoms. The standard InChI is InChI=1S/C24H36ClN3O6S/c25-18-4-7-21(8-5-18)35(31,32)28-15-19(29)16-33-17-23-22(28)9-6-20(34-23)14-24(30)26-10-13-27-11-2-1-3-12-27/h4-5,7-8,19-20,22-23,29H,1-3,6,9-17H2,(H,26,30)/t19-,20+,22+,23-/m1/s1. The number of aliphatic hydroxyl groups is 1. The minimum absolute atomic E-state index is 0.0148. The highest BCUT2D eigenvalue weighted by Crippen LogP contribution is 2.31. The number of sulfonamides is 1. The van der Waals surface area contributed by atoms with Crippen molar-refractivity contribution in [3.8, 4) is 0 Å². The molecule has 0 spiro atoms. The summed E-state index contributed by atoms with van der Waals surface area (Å²) in [6.45, 7) is 3.74. The lowest BCUT2D eigenvalue weighted by atomic mass is 9.96. The number of amides is 1. The first-order valence-electron chi connectivity index (χ1n) is 12.5. The number of β-amino-alcohol motifs (C(OH)–C–C–N with tert-alkyl or cyclic N) is 1. The highest BCUT2D eigenvalue weighted by Gasteiger charge is 2.43. The van der Waals surface area contributed by atoms with Crippen LogP contribution in [-0.4, -0.2) is 98.9 Å². The van der Waals surface area contributed by atoms with Crippen LogP contribution in [0.3, 0.4) is 0 Å². The molecule has 0 aliphatic carbocycles.